The maximum atomic E-state index is 12.3. The van der Waals surface area contributed by atoms with Gasteiger partial charge >= 0.3 is 0 Å². The largest absolute Gasteiger partial charge is 0.493 e. The van der Waals surface area contributed by atoms with E-state index in [1.807, 2.05) is 35.2 Å². The Bertz CT molecular complexity index is 1000. The first-order valence-electron chi connectivity index (χ1n) is 9.05. The Hall–Kier alpha value is -2.81. The number of rotatable bonds is 6. The quantitative estimate of drug-likeness (QED) is 0.589. The minimum atomic E-state index is 0.135. The van der Waals surface area contributed by atoms with Crippen molar-refractivity contribution in [2.45, 2.75) is 18.0 Å². The van der Waals surface area contributed by atoms with Gasteiger partial charge in [0.1, 0.15) is 0 Å². The van der Waals surface area contributed by atoms with Crippen molar-refractivity contribution in [3.8, 4) is 22.8 Å². The maximum Gasteiger partial charge on any atom is 0.233 e. The molecule has 0 atom stereocenters. The Balaban J connectivity index is 1.58. The molecule has 0 spiro atoms. The summed E-state index contributed by atoms with van der Waals surface area (Å²) < 4.78 is 12.3. The number of benzene rings is 1. The van der Waals surface area contributed by atoms with Gasteiger partial charge in [0, 0.05) is 18.7 Å². The van der Waals surface area contributed by atoms with Crippen molar-refractivity contribution < 1.29 is 14.3 Å². The zero-order valence-electron chi connectivity index (χ0n) is 15.8. The third-order valence-electron chi connectivity index (χ3n) is 4.70. The predicted octanol–water partition coefficient (Wildman–Crippen LogP) is 2.52. The molecule has 0 aliphatic carbocycles. The average Bonchev–Trinajstić information content (AvgIpc) is 3.41. The Morgan fingerprint density at radius 2 is 1.86 bits per heavy atom. The number of thioether (sulfide) groups is 1. The van der Waals surface area contributed by atoms with E-state index in [0.717, 1.165) is 37.2 Å². The summed E-state index contributed by atoms with van der Waals surface area (Å²) in [5, 5.41) is 13.6. The lowest BCUT2D eigenvalue weighted by Gasteiger charge is -2.14. The molecule has 1 fully saturated rings. The lowest BCUT2D eigenvalue weighted by atomic mass is 10.1. The summed E-state index contributed by atoms with van der Waals surface area (Å²) in [5.74, 6) is 1.77. The molecule has 0 unspecified atom stereocenters. The van der Waals surface area contributed by atoms with Gasteiger partial charge < -0.3 is 14.4 Å². The molecule has 1 saturated heterocycles. The molecule has 3 aromatic rings. The zero-order valence-corrected chi connectivity index (χ0v) is 16.6. The summed E-state index contributed by atoms with van der Waals surface area (Å²) in [6, 6.07) is 9.38. The van der Waals surface area contributed by atoms with Gasteiger partial charge in [-0.15, -0.1) is 10.2 Å². The number of amides is 1. The molecule has 1 aromatic carbocycles. The molecule has 28 heavy (non-hydrogen) atoms. The van der Waals surface area contributed by atoms with Crippen LogP contribution in [0.25, 0.3) is 16.9 Å². The van der Waals surface area contributed by atoms with Crippen molar-refractivity contribution in [2.75, 3.05) is 33.1 Å². The number of hydrogen-bond donors (Lipinski definition) is 0. The third kappa shape index (κ3) is 3.62. The maximum absolute atomic E-state index is 12.3. The number of likely N-dealkylation sites (tertiary alicyclic amines) is 1. The lowest BCUT2D eigenvalue weighted by Crippen LogP contribution is -2.29. The van der Waals surface area contributed by atoms with Crippen LogP contribution in [0, 0.1) is 0 Å². The highest BCUT2D eigenvalue weighted by molar-refractivity contribution is 7.99. The number of carbonyl (C=O) groups is 1. The highest BCUT2D eigenvalue weighted by atomic mass is 32.2. The van der Waals surface area contributed by atoms with Gasteiger partial charge in [-0.05, 0) is 43.2 Å². The first kappa shape index (κ1) is 18.5. The first-order valence-corrected chi connectivity index (χ1v) is 10.0. The Morgan fingerprint density at radius 1 is 1.07 bits per heavy atom. The molecule has 0 N–H and O–H groups in total. The molecule has 2 aromatic heterocycles. The Kier molecular flexibility index (Phi) is 5.34. The molecular weight excluding hydrogens is 378 g/mol. The second-order valence-electron chi connectivity index (χ2n) is 6.42. The molecule has 1 aliphatic heterocycles. The topological polar surface area (TPSA) is 81.9 Å². The van der Waals surface area contributed by atoms with Gasteiger partial charge in [-0.2, -0.15) is 9.61 Å². The second kappa shape index (κ2) is 8.05. The summed E-state index contributed by atoms with van der Waals surface area (Å²) in [6.45, 7) is 1.70. The van der Waals surface area contributed by atoms with Crippen LogP contribution in [-0.2, 0) is 4.79 Å². The minimum absolute atomic E-state index is 0.135. The van der Waals surface area contributed by atoms with Crippen molar-refractivity contribution in [3.63, 3.8) is 0 Å². The number of nitrogens with zero attached hydrogens (tertiary/aromatic N) is 5. The average molecular weight is 399 g/mol. The summed E-state index contributed by atoms with van der Waals surface area (Å²) in [5.41, 5.74) is 2.28. The number of hydrogen-bond acceptors (Lipinski definition) is 7. The van der Waals surface area contributed by atoms with Crippen LogP contribution in [0.4, 0.5) is 0 Å². The van der Waals surface area contributed by atoms with E-state index >= 15 is 0 Å². The molecule has 4 rings (SSSR count). The number of aromatic nitrogens is 4. The van der Waals surface area contributed by atoms with Crippen LogP contribution in [-0.4, -0.2) is 63.7 Å². The molecule has 146 valence electrons. The van der Waals surface area contributed by atoms with Crippen molar-refractivity contribution in [1.82, 2.24) is 24.7 Å². The van der Waals surface area contributed by atoms with E-state index in [9.17, 15) is 4.79 Å². The van der Waals surface area contributed by atoms with Crippen molar-refractivity contribution in [3.05, 3.63) is 30.3 Å². The summed E-state index contributed by atoms with van der Waals surface area (Å²) in [6.07, 6.45) is 2.17. The molecule has 1 aliphatic rings. The Morgan fingerprint density at radius 3 is 2.61 bits per heavy atom. The molecule has 0 saturated carbocycles. The van der Waals surface area contributed by atoms with Crippen LogP contribution >= 0.6 is 11.8 Å². The molecule has 3 heterocycles. The third-order valence-corrected chi connectivity index (χ3v) is 5.60. The minimum Gasteiger partial charge on any atom is -0.493 e. The van der Waals surface area contributed by atoms with Crippen LogP contribution in [0.3, 0.4) is 0 Å². The predicted molar refractivity (Wildman–Crippen MR) is 106 cm³/mol. The highest BCUT2D eigenvalue weighted by Gasteiger charge is 2.19. The fraction of sp³-hybridized carbons (Fsp3) is 0.368. The van der Waals surface area contributed by atoms with E-state index in [2.05, 4.69) is 15.3 Å². The fourth-order valence-corrected chi connectivity index (χ4v) is 3.98. The molecule has 1 amide bonds. The number of fused-ring (bicyclic) bond motifs is 1. The highest BCUT2D eigenvalue weighted by Crippen LogP contribution is 2.31. The van der Waals surface area contributed by atoms with Crippen molar-refractivity contribution in [1.29, 1.82) is 0 Å². The summed E-state index contributed by atoms with van der Waals surface area (Å²) in [7, 11) is 3.20. The van der Waals surface area contributed by atoms with E-state index in [1.165, 1.54) is 11.8 Å². The van der Waals surface area contributed by atoms with Gasteiger partial charge in [-0.1, -0.05) is 11.8 Å². The van der Waals surface area contributed by atoms with Crippen molar-refractivity contribution in [2.24, 2.45) is 0 Å². The molecule has 0 bridgehead atoms. The van der Waals surface area contributed by atoms with Gasteiger partial charge in [0.05, 0.1) is 25.7 Å². The van der Waals surface area contributed by atoms with Gasteiger partial charge in [0.25, 0.3) is 0 Å². The molecular formula is C19H21N5O3S. The molecule has 0 radical (unpaired) electrons. The van der Waals surface area contributed by atoms with Gasteiger partial charge in [0.2, 0.25) is 11.1 Å². The first-order chi connectivity index (χ1) is 13.7. The van der Waals surface area contributed by atoms with E-state index in [-0.39, 0.29) is 5.91 Å². The van der Waals surface area contributed by atoms with Gasteiger partial charge in [0.15, 0.2) is 17.1 Å². The van der Waals surface area contributed by atoms with Gasteiger partial charge in [-0.25, -0.2) is 0 Å². The van der Waals surface area contributed by atoms with E-state index < -0.39 is 0 Å². The fourth-order valence-electron chi connectivity index (χ4n) is 3.19. The van der Waals surface area contributed by atoms with E-state index in [4.69, 9.17) is 9.47 Å². The number of carbonyl (C=O) groups excluding carboxylic acids is 1. The van der Waals surface area contributed by atoms with Gasteiger partial charge in [-0.3, -0.25) is 4.79 Å². The second-order valence-corrected chi connectivity index (χ2v) is 7.36. The zero-order chi connectivity index (χ0) is 19.5. The summed E-state index contributed by atoms with van der Waals surface area (Å²) in [4.78, 5) is 14.2. The standard InChI is InChI=1S/C19H21N5O3S/c1-26-15-7-5-13(11-16(15)27-2)14-6-8-17-20-21-19(24(17)22-14)28-12-18(25)23-9-3-4-10-23/h5-8,11H,3-4,9-10,12H2,1-2H3. The normalized spacial score (nSPS) is 13.9. The summed E-state index contributed by atoms with van der Waals surface area (Å²) >= 11 is 1.36. The van der Waals surface area contributed by atoms with Crippen LogP contribution < -0.4 is 9.47 Å². The Labute approximate surface area is 166 Å². The van der Waals surface area contributed by atoms with Crippen LogP contribution in [0.1, 0.15) is 12.8 Å². The smallest absolute Gasteiger partial charge is 0.233 e. The molecule has 8 nitrogen and oxygen atoms in total. The van der Waals surface area contributed by atoms with Crippen LogP contribution in [0.2, 0.25) is 0 Å². The number of methoxy groups -OCH3 is 2. The van der Waals surface area contributed by atoms with E-state index in [1.54, 1.807) is 18.7 Å². The van der Waals surface area contributed by atoms with Crippen molar-refractivity contribution >= 4 is 23.3 Å². The number of ether oxygens (including phenoxy) is 2. The van der Waals surface area contributed by atoms with Crippen LogP contribution in [0.5, 0.6) is 11.5 Å². The SMILES string of the molecule is COc1ccc(-c2ccc3nnc(SCC(=O)N4CCCC4)n3n2)cc1OC. The lowest BCUT2D eigenvalue weighted by molar-refractivity contribution is -0.127. The molecule has 9 heteroatoms. The van der Waals surface area contributed by atoms with E-state index in [0.29, 0.717) is 28.1 Å². The van der Waals surface area contributed by atoms with Crippen LogP contribution in [0.15, 0.2) is 35.5 Å². The monoisotopic (exact) mass is 399 g/mol.